The highest BCUT2D eigenvalue weighted by Gasteiger charge is 2.32. The molecule has 6 N–H and O–H groups in total. The molecule has 0 atom stereocenters. The van der Waals surface area contributed by atoms with Crippen molar-refractivity contribution >= 4 is 69.9 Å². The van der Waals surface area contributed by atoms with Crippen LogP contribution < -0.4 is 21.5 Å². The number of nitrogens with two attached hydrogens (primary N) is 2. The zero-order valence-electron chi connectivity index (χ0n) is 42.1. The molecule has 366 valence electrons. The molecule has 3 aromatic rings. The van der Waals surface area contributed by atoms with Crippen molar-refractivity contribution < 1.29 is 30.0 Å². The van der Waals surface area contributed by atoms with Gasteiger partial charge >= 0.3 is 0 Å². The van der Waals surface area contributed by atoms with Gasteiger partial charge in [0.1, 0.15) is 11.6 Å². The van der Waals surface area contributed by atoms with Crippen LogP contribution in [0.15, 0.2) is 34.5 Å². The number of rotatable bonds is 8. The van der Waals surface area contributed by atoms with Crippen molar-refractivity contribution in [2.75, 3.05) is 16.2 Å². The first-order valence-corrected chi connectivity index (χ1v) is 26.5. The summed E-state index contributed by atoms with van der Waals surface area (Å²) < 4.78 is 76.5. The molecule has 4 rings (SSSR count). The zero-order chi connectivity index (χ0) is 50.6. The third-order valence-corrected chi connectivity index (χ3v) is 15.9. The molecule has 0 aromatic carbocycles. The molecule has 0 saturated carbocycles. The topological polar surface area (TPSA) is 256 Å². The van der Waals surface area contributed by atoms with Crippen LogP contribution in [-0.4, -0.2) is 81.1 Å². The van der Waals surface area contributed by atoms with Gasteiger partial charge < -0.3 is 16.8 Å². The van der Waals surface area contributed by atoms with Gasteiger partial charge in [-0.1, -0.05) is 83.1 Å². The Morgan fingerprint density at radius 3 is 1.56 bits per heavy atom. The third-order valence-electron chi connectivity index (χ3n) is 9.13. The van der Waals surface area contributed by atoms with Gasteiger partial charge in [-0.25, -0.2) is 48.2 Å². The van der Waals surface area contributed by atoms with Crippen molar-refractivity contribution in [2.24, 2.45) is 10.4 Å². The Bertz CT molecular complexity index is 2370. The Hall–Kier alpha value is -3.82. The average molecular weight is 975 g/mol. The maximum absolute atomic E-state index is 12.1. The van der Waals surface area contributed by atoms with E-state index in [1.54, 1.807) is 47.7 Å². The second kappa shape index (κ2) is 20.8. The largest absolute Gasteiger partial charge is 0.383 e. The fraction of sp³-hybridized carbons (Fsp3) is 0.698. The number of imidazole rings is 2. The van der Waals surface area contributed by atoms with E-state index in [0.29, 0.717) is 23.1 Å². The number of nitrogens with zero attached hydrogens (tertiary/aromatic N) is 6. The summed E-state index contributed by atoms with van der Waals surface area (Å²) in [4.78, 5) is 28.5. The minimum absolute atomic E-state index is 0.00417. The lowest BCUT2D eigenvalue weighted by Gasteiger charge is -2.22. The molecule has 1 aliphatic heterocycles. The zero-order valence-corrected chi connectivity index (χ0v) is 45.3. The Morgan fingerprint density at radius 1 is 0.688 bits per heavy atom. The van der Waals surface area contributed by atoms with E-state index in [-0.39, 0.29) is 44.9 Å². The van der Waals surface area contributed by atoms with Gasteiger partial charge in [0.05, 0.1) is 39.5 Å². The Labute approximate surface area is 389 Å². The number of amides is 1. The van der Waals surface area contributed by atoms with E-state index in [2.05, 4.69) is 50.8 Å². The molecule has 1 aliphatic rings. The molecule has 0 radical (unpaired) electrons. The molecule has 1 amide bonds. The summed E-state index contributed by atoms with van der Waals surface area (Å²) in [5, 5.41) is 3.79. The van der Waals surface area contributed by atoms with Crippen LogP contribution >= 0.6 is 11.3 Å². The van der Waals surface area contributed by atoms with Gasteiger partial charge in [-0.05, 0) is 62.3 Å². The molecule has 0 fully saturated rings. The first-order valence-electron chi connectivity index (χ1n) is 21.1. The molecule has 0 saturated heterocycles. The van der Waals surface area contributed by atoms with E-state index >= 15 is 0 Å². The van der Waals surface area contributed by atoms with Crippen LogP contribution in [0.1, 0.15) is 169 Å². The van der Waals surface area contributed by atoms with Gasteiger partial charge in [0, 0.05) is 56.5 Å². The fourth-order valence-electron chi connectivity index (χ4n) is 5.01. The minimum Gasteiger partial charge on any atom is -0.383 e. The predicted octanol–water partition coefficient (Wildman–Crippen LogP) is 7.96. The summed E-state index contributed by atoms with van der Waals surface area (Å²) in [7, 11) is -10.2. The number of nitrogen functional groups attached to an aromatic ring is 2. The van der Waals surface area contributed by atoms with E-state index in [4.69, 9.17) is 11.5 Å². The Balaban J connectivity index is 0.000000427. The van der Waals surface area contributed by atoms with Crippen LogP contribution in [0.25, 0.3) is 0 Å². The van der Waals surface area contributed by atoms with Gasteiger partial charge in [-0.3, -0.25) is 14.5 Å². The van der Waals surface area contributed by atoms with Crippen LogP contribution in [-0.2, 0) is 51.1 Å². The smallest absolute Gasteiger partial charge is 0.249 e. The third kappa shape index (κ3) is 16.3. The maximum atomic E-state index is 12.1. The van der Waals surface area contributed by atoms with Crippen molar-refractivity contribution in [3.05, 3.63) is 46.8 Å². The van der Waals surface area contributed by atoms with Gasteiger partial charge in [-0.15, -0.1) is 11.3 Å². The lowest BCUT2D eigenvalue weighted by atomic mass is 9.87. The van der Waals surface area contributed by atoms with Gasteiger partial charge in [-0.2, -0.15) is 0 Å². The van der Waals surface area contributed by atoms with Crippen molar-refractivity contribution in [2.45, 2.75) is 189 Å². The summed E-state index contributed by atoms with van der Waals surface area (Å²) in [6.45, 7) is 39.7. The van der Waals surface area contributed by atoms with Crippen LogP contribution in [0.5, 0.6) is 0 Å². The maximum Gasteiger partial charge on any atom is 0.249 e. The highest BCUT2D eigenvalue weighted by molar-refractivity contribution is 7.93. The molecular formula is C43H78N10O7S4. The first-order chi connectivity index (χ1) is 28.4. The van der Waals surface area contributed by atoms with Crippen molar-refractivity contribution in [1.29, 1.82) is 0 Å². The molecule has 21 heteroatoms. The van der Waals surface area contributed by atoms with E-state index < -0.39 is 45.8 Å². The second-order valence-corrected chi connectivity index (χ2v) is 29.3. The summed E-state index contributed by atoms with van der Waals surface area (Å²) in [5.74, 6) is 0.659. The average Bonchev–Trinajstić information content (AvgIpc) is 3.90. The standard InChI is InChI=1S/C13H22N2O.2C10H19N3O2S.C10H18N2O2S2/c1-12(2,3)10-7-9(8-14-10)11(16)15-13(4,5)6;1-7(2)16(14,15)13-8(11)6-12-9(13)10(3,4)5;1-7(2)16(14,15)13-8(10(3,4)5)6-12-9(13)11;1-7(2)16(13,14)12-9-11-8(6-15-9)10(3,4)5/h8H,7H2,1-6H3,(H,15,16);6-7H,11H2,1-5H3;6-7H,1-5H3,(H2,11,12);6-7H,1-5H3,(H,11,12). The molecular weight excluding hydrogens is 897 g/mol. The SMILES string of the molecule is CC(C)(C)NC(=O)C1=CN=C(C(C)(C)C)C1.CC(C)S(=O)(=O)Nc1nc(C(C)(C)C)cs1.CC(C)S(=O)(=O)n1c(C(C)(C)C)cnc1N.CC(C)S(=O)(=O)n1c(N)cnc1C(C)(C)C. The number of aromatic nitrogens is 5. The molecule has 0 bridgehead atoms. The molecule has 0 aliphatic carbocycles. The number of sulfonamides is 1. The monoisotopic (exact) mass is 974 g/mol. The molecule has 0 unspecified atom stereocenters. The number of carbonyl (C=O) groups excluding carboxylic acids is 1. The van der Waals surface area contributed by atoms with Gasteiger partial charge in [0.15, 0.2) is 5.13 Å². The molecule has 17 nitrogen and oxygen atoms in total. The molecule has 4 heterocycles. The van der Waals surface area contributed by atoms with Crippen molar-refractivity contribution in [3.8, 4) is 0 Å². The lowest BCUT2D eigenvalue weighted by molar-refractivity contribution is -0.118. The van der Waals surface area contributed by atoms with E-state index in [1.807, 2.05) is 88.5 Å². The van der Waals surface area contributed by atoms with Crippen LogP contribution in [0, 0.1) is 5.41 Å². The number of aliphatic imine (C=N–C) groups is 1. The Morgan fingerprint density at radius 2 is 1.19 bits per heavy atom. The number of hydrogen-bond donors (Lipinski definition) is 4. The number of carbonyl (C=O) groups is 1. The molecule has 0 spiro atoms. The van der Waals surface area contributed by atoms with Crippen LogP contribution in [0.2, 0.25) is 0 Å². The number of anilines is 3. The molecule has 3 aromatic heterocycles. The fourth-order valence-corrected chi connectivity index (χ4v) is 9.51. The summed E-state index contributed by atoms with van der Waals surface area (Å²) >= 11 is 1.32. The van der Waals surface area contributed by atoms with Gasteiger partial charge in [0.2, 0.25) is 41.9 Å². The normalized spacial score (nSPS) is 14.2. The van der Waals surface area contributed by atoms with E-state index in [0.717, 1.165) is 24.9 Å². The highest BCUT2D eigenvalue weighted by atomic mass is 32.2. The quantitative estimate of drug-likeness (QED) is 0.168. The first kappa shape index (κ1) is 58.2. The second-order valence-electron chi connectivity index (χ2n) is 21.6. The molecule has 64 heavy (non-hydrogen) atoms. The van der Waals surface area contributed by atoms with E-state index in [9.17, 15) is 30.0 Å². The number of nitrogens with one attached hydrogen (secondary N) is 2. The summed E-state index contributed by atoms with van der Waals surface area (Å²) in [6.07, 6.45) is 5.28. The van der Waals surface area contributed by atoms with Gasteiger partial charge in [0.25, 0.3) is 0 Å². The lowest BCUT2D eigenvalue weighted by Crippen LogP contribution is -2.41. The number of thiazole rings is 1. The van der Waals surface area contributed by atoms with Crippen molar-refractivity contribution in [3.63, 3.8) is 0 Å². The van der Waals surface area contributed by atoms with Crippen molar-refractivity contribution in [1.82, 2.24) is 28.2 Å². The van der Waals surface area contributed by atoms with Crippen LogP contribution in [0.4, 0.5) is 16.9 Å². The Kier molecular flexibility index (Phi) is 18.9. The summed E-state index contributed by atoms with van der Waals surface area (Å²) in [5.41, 5.74) is 13.8. The highest BCUT2D eigenvalue weighted by Crippen LogP contribution is 2.30. The number of hydrogen-bond acceptors (Lipinski definition) is 14. The summed E-state index contributed by atoms with van der Waals surface area (Å²) in [6, 6.07) is 0. The predicted molar refractivity (Wildman–Crippen MR) is 266 cm³/mol. The minimum atomic E-state index is -3.45. The van der Waals surface area contributed by atoms with E-state index in [1.165, 1.54) is 23.7 Å². The van der Waals surface area contributed by atoms with Crippen LogP contribution in [0.3, 0.4) is 0 Å².